The Hall–Kier alpha value is -1.85. The molecule has 2 amide bonds. The fourth-order valence-corrected chi connectivity index (χ4v) is 2.36. The van der Waals surface area contributed by atoms with Crippen LogP contribution >= 0.6 is 0 Å². The van der Waals surface area contributed by atoms with Crippen LogP contribution in [-0.2, 0) is 9.59 Å². The van der Waals surface area contributed by atoms with E-state index in [1.165, 1.54) is 0 Å². The van der Waals surface area contributed by atoms with Crippen molar-refractivity contribution in [2.24, 2.45) is 0 Å². The Balaban J connectivity index is 2.05. The first-order chi connectivity index (χ1) is 9.15. The summed E-state index contributed by atoms with van der Waals surface area (Å²) in [4.78, 5) is 23.2. The number of amides is 2. The first-order valence-electron chi connectivity index (χ1n) is 6.79. The van der Waals surface area contributed by atoms with Crippen LogP contribution in [-0.4, -0.2) is 27.6 Å². The minimum absolute atomic E-state index is 0.0614. The third kappa shape index (κ3) is 2.94. The summed E-state index contributed by atoms with van der Waals surface area (Å²) in [5, 5.41) is 9.78. The number of aromatic nitrogens is 2. The standard InChI is InChI=1S/C13H20N4O2/c1-3-9(4-2)17-11(7-8-14-17)16-13(19)10-5-6-12(18)15-10/h7-10H,3-6H2,1-2H3,(H,15,18)(H,16,19). The average Bonchev–Trinajstić information content (AvgIpc) is 3.01. The molecule has 1 atom stereocenters. The van der Waals surface area contributed by atoms with Crippen molar-refractivity contribution in [2.45, 2.75) is 51.6 Å². The Bertz CT molecular complexity index is 465. The van der Waals surface area contributed by atoms with E-state index < -0.39 is 6.04 Å². The van der Waals surface area contributed by atoms with Gasteiger partial charge < -0.3 is 10.6 Å². The van der Waals surface area contributed by atoms with Gasteiger partial charge in [-0.1, -0.05) is 13.8 Å². The molecule has 6 heteroatoms. The lowest BCUT2D eigenvalue weighted by molar-refractivity contribution is -0.122. The van der Waals surface area contributed by atoms with Crippen molar-refractivity contribution < 1.29 is 9.59 Å². The summed E-state index contributed by atoms with van der Waals surface area (Å²) >= 11 is 0. The van der Waals surface area contributed by atoms with E-state index in [1.54, 1.807) is 12.3 Å². The fourth-order valence-electron chi connectivity index (χ4n) is 2.36. The molecule has 0 saturated carbocycles. The van der Waals surface area contributed by atoms with Gasteiger partial charge in [-0.25, -0.2) is 4.68 Å². The highest BCUT2D eigenvalue weighted by Crippen LogP contribution is 2.20. The van der Waals surface area contributed by atoms with E-state index in [1.807, 2.05) is 4.68 Å². The Morgan fingerprint density at radius 1 is 1.58 bits per heavy atom. The van der Waals surface area contributed by atoms with Crippen LogP contribution in [0.2, 0.25) is 0 Å². The molecule has 0 spiro atoms. The number of hydrogen-bond acceptors (Lipinski definition) is 3. The third-order valence-corrected chi connectivity index (χ3v) is 3.52. The van der Waals surface area contributed by atoms with Crippen molar-refractivity contribution in [1.29, 1.82) is 0 Å². The molecule has 1 aliphatic heterocycles. The maximum Gasteiger partial charge on any atom is 0.248 e. The van der Waals surface area contributed by atoms with E-state index in [9.17, 15) is 9.59 Å². The predicted molar refractivity (Wildman–Crippen MR) is 71.6 cm³/mol. The molecule has 6 nitrogen and oxygen atoms in total. The molecule has 2 heterocycles. The van der Waals surface area contributed by atoms with Crippen LogP contribution in [0.4, 0.5) is 5.82 Å². The van der Waals surface area contributed by atoms with Crippen LogP contribution in [0.3, 0.4) is 0 Å². The van der Waals surface area contributed by atoms with Gasteiger partial charge in [0, 0.05) is 12.5 Å². The van der Waals surface area contributed by atoms with Gasteiger partial charge >= 0.3 is 0 Å². The maximum absolute atomic E-state index is 12.0. The van der Waals surface area contributed by atoms with Crippen LogP contribution in [0, 0.1) is 0 Å². The molecule has 1 unspecified atom stereocenters. The van der Waals surface area contributed by atoms with Crippen molar-refractivity contribution in [3.8, 4) is 0 Å². The minimum Gasteiger partial charge on any atom is -0.344 e. The molecule has 1 fully saturated rings. The number of anilines is 1. The lowest BCUT2D eigenvalue weighted by Crippen LogP contribution is -2.37. The van der Waals surface area contributed by atoms with Crippen LogP contribution in [0.15, 0.2) is 12.3 Å². The van der Waals surface area contributed by atoms with Crippen molar-refractivity contribution in [1.82, 2.24) is 15.1 Å². The monoisotopic (exact) mass is 264 g/mol. The number of nitrogens with one attached hydrogen (secondary N) is 2. The van der Waals surface area contributed by atoms with Gasteiger partial charge in [-0.15, -0.1) is 0 Å². The topological polar surface area (TPSA) is 76.0 Å². The van der Waals surface area contributed by atoms with Gasteiger partial charge in [0.15, 0.2) is 0 Å². The largest absolute Gasteiger partial charge is 0.344 e. The van der Waals surface area contributed by atoms with Crippen LogP contribution in [0.5, 0.6) is 0 Å². The third-order valence-electron chi connectivity index (χ3n) is 3.52. The first-order valence-corrected chi connectivity index (χ1v) is 6.79. The highest BCUT2D eigenvalue weighted by molar-refractivity contribution is 5.98. The highest BCUT2D eigenvalue weighted by atomic mass is 16.2. The molecule has 1 saturated heterocycles. The molecule has 0 aliphatic carbocycles. The highest BCUT2D eigenvalue weighted by Gasteiger charge is 2.28. The smallest absolute Gasteiger partial charge is 0.248 e. The molecule has 1 aromatic rings. The van der Waals surface area contributed by atoms with Crippen LogP contribution in [0.25, 0.3) is 0 Å². The molecule has 1 aliphatic rings. The van der Waals surface area contributed by atoms with Gasteiger partial charge in [0.2, 0.25) is 11.8 Å². The van der Waals surface area contributed by atoms with Crippen molar-refractivity contribution in [3.63, 3.8) is 0 Å². The van der Waals surface area contributed by atoms with Crippen molar-refractivity contribution in [3.05, 3.63) is 12.3 Å². The Morgan fingerprint density at radius 3 is 2.89 bits per heavy atom. The van der Waals surface area contributed by atoms with Gasteiger partial charge in [0.1, 0.15) is 11.9 Å². The zero-order valence-corrected chi connectivity index (χ0v) is 11.3. The maximum atomic E-state index is 12.0. The van der Waals surface area contributed by atoms with Gasteiger partial charge in [-0.3, -0.25) is 9.59 Å². The Labute approximate surface area is 112 Å². The molecule has 19 heavy (non-hydrogen) atoms. The molecule has 2 rings (SSSR count). The fraction of sp³-hybridized carbons (Fsp3) is 0.615. The summed E-state index contributed by atoms with van der Waals surface area (Å²) in [6.07, 6.45) is 4.58. The summed E-state index contributed by atoms with van der Waals surface area (Å²) in [5.74, 6) is 0.465. The number of carbonyl (C=O) groups excluding carboxylic acids is 2. The predicted octanol–water partition coefficient (Wildman–Crippen LogP) is 1.46. The summed E-state index contributed by atoms with van der Waals surface area (Å²) in [5.41, 5.74) is 0. The van der Waals surface area contributed by atoms with Gasteiger partial charge in [0.25, 0.3) is 0 Å². The number of hydrogen-bond donors (Lipinski definition) is 2. The summed E-state index contributed by atoms with van der Waals surface area (Å²) in [6, 6.07) is 1.65. The van der Waals surface area contributed by atoms with E-state index >= 15 is 0 Å². The lowest BCUT2D eigenvalue weighted by atomic mass is 10.2. The van der Waals surface area contributed by atoms with Crippen LogP contribution in [0.1, 0.15) is 45.6 Å². The number of nitrogens with zero attached hydrogens (tertiary/aromatic N) is 2. The molecule has 0 aromatic carbocycles. The molecular formula is C13H20N4O2. The second-order valence-corrected chi connectivity index (χ2v) is 4.78. The average molecular weight is 264 g/mol. The van der Waals surface area contributed by atoms with Crippen LogP contribution < -0.4 is 10.6 Å². The summed E-state index contributed by atoms with van der Waals surface area (Å²) in [6.45, 7) is 4.19. The molecular weight excluding hydrogens is 244 g/mol. The van der Waals surface area contributed by atoms with E-state index in [2.05, 4.69) is 29.6 Å². The Morgan fingerprint density at radius 2 is 2.32 bits per heavy atom. The normalized spacial score (nSPS) is 18.7. The number of rotatable bonds is 5. The molecule has 0 bridgehead atoms. The van der Waals surface area contributed by atoms with E-state index in [-0.39, 0.29) is 17.9 Å². The van der Waals surface area contributed by atoms with Crippen molar-refractivity contribution >= 4 is 17.6 Å². The zero-order chi connectivity index (χ0) is 13.8. The Kier molecular flexibility index (Phi) is 4.19. The summed E-state index contributed by atoms with van der Waals surface area (Å²) in [7, 11) is 0. The second kappa shape index (κ2) is 5.86. The number of carbonyl (C=O) groups is 2. The van der Waals surface area contributed by atoms with Gasteiger partial charge in [-0.05, 0) is 19.3 Å². The van der Waals surface area contributed by atoms with E-state index in [0.717, 1.165) is 12.8 Å². The SMILES string of the molecule is CCC(CC)n1nccc1NC(=O)C1CCC(=O)N1. The minimum atomic E-state index is -0.419. The van der Waals surface area contributed by atoms with E-state index in [4.69, 9.17) is 0 Å². The molecule has 104 valence electrons. The van der Waals surface area contributed by atoms with Crippen molar-refractivity contribution in [2.75, 3.05) is 5.32 Å². The summed E-state index contributed by atoms with van der Waals surface area (Å²) < 4.78 is 1.84. The zero-order valence-electron chi connectivity index (χ0n) is 11.3. The lowest BCUT2D eigenvalue weighted by Gasteiger charge is -2.18. The second-order valence-electron chi connectivity index (χ2n) is 4.78. The quantitative estimate of drug-likeness (QED) is 0.845. The molecule has 0 radical (unpaired) electrons. The molecule has 1 aromatic heterocycles. The first kappa shape index (κ1) is 13.6. The van der Waals surface area contributed by atoms with E-state index in [0.29, 0.717) is 18.7 Å². The van der Waals surface area contributed by atoms with Gasteiger partial charge in [0.05, 0.1) is 12.2 Å². The molecule has 2 N–H and O–H groups in total. The van der Waals surface area contributed by atoms with Gasteiger partial charge in [-0.2, -0.15) is 5.10 Å².